The van der Waals surface area contributed by atoms with Crippen LogP contribution >= 0.6 is 7.37 Å². The van der Waals surface area contributed by atoms with E-state index in [1.165, 1.54) is 0 Å². The molecule has 0 aliphatic rings. The van der Waals surface area contributed by atoms with Gasteiger partial charge in [0.1, 0.15) is 0 Å². The van der Waals surface area contributed by atoms with Crippen LogP contribution in [0.25, 0.3) is 0 Å². The summed E-state index contributed by atoms with van der Waals surface area (Å²) in [5.74, 6) is -33.0. The van der Waals surface area contributed by atoms with Crippen molar-refractivity contribution in [1.82, 2.24) is 0 Å². The molecule has 0 aromatic heterocycles. The van der Waals surface area contributed by atoms with Gasteiger partial charge in [0.15, 0.2) is 0 Å². The average Bonchev–Trinajstić information content (AvgIpc) is 2.51. The quantitative estimate of drug-likeness (QED) is 0.246. The molecule has 31 heavy (non-hydrogen) atoms. The van der Waals surface area contributed by atoms with Gasteiger partial charge in [0.05, 0.1) is 6.61 Å². The summed E-state index contributed by atoms with van der Waals surface area (Å²) >= 11 is 0. The van der Waals surface area contributed by atoms with Crippen LogP contribution in [0.5, 0.6) is 0 Å². The molecular formula is C10H5F18O2P. The van der Waals surface area contributed by atoms with Crippen molar-refractivity contribution in [2.24, 2.45) is 0 Å². The molecule has 0 atom stereocenters. The highest BCUT2D eigenvalue weighted by Crippen LogP contribution is 2.80. The summed E-state index contributed by atoms with van der Waals surface area (Å²) in [6, 6.07) is 0. The van der Waals surface area contributed by atoms with Crippen LogP contribution < -0.4 is 0 Å². The maximum absolute atomic E-state index is 13.7. The van der Waals surface area contributed by atoms with Crippen LogP contribution in [0.4, 0.5) is 79.0 Å². The topological polar surface area (TPSA) is 26.3 Å². The number of rotatable bonds is 8. The maximum Gasteiger partial charge on any atom is 0.460 e. The molecule has 0 spiro atoms. The van der Waals surface area contributed by atoms with E-state index in [1.54, 1.807) is 0 Å². The average molecular weight is 530 g/mol. The zero-order chi connectivity index (χ0) is 25.9. The first kappa shape index (κ1) is 29.9. The molecule has 0 saturated heterocycles. The first-order chi connectivity index (χ1) is 13.1. The Kier molecular flexibility index (Phi) is 7.22. The third-order valence-electron chi connectivity index (χ3n) is 3.31. The SMILES string of the molecule is CCOP(=O)(C(F)(F)C(F)(F)C(F)(F)C(F)(F)F)C(F)(F)C(F)(F)C(F)(F)C(F)(F)F. The molecule has 21 heteroatoms. The van der Waals surface area contributed by atoms with Crippen molar-refractivity contribution in [2.75, 3.05) is 6.61 Å². The van der Waals surface area contributed by atoms with E-state index in [4.69, 9.17) is 0 Å². The van der Waals surface area contributed by atoms with Gasteiger partial charge in [-0.15, -0.1) is 0 Å². The van der Waals surface area contributed by atoms with Crippen LogP contribution in [0.2, 0.25) is 0 Å². The lowest BCUT2D eigenvalue weighted by Crippen LogP contribution is -2.65. The summed E-state index contributed by atoms with van der Waals surface area (Å²) in [4.78, 5) is 0. The minimum atomic E-state index is -9.33. The van der Waals surface area contributed by atoms with Gasteiger partial charge in [-0.05, 0) is 6.92 Å². The Morgan fingerprint density at radius 1 is 0.516 bits per heavy atom. The molecule has 0 radical (unpaired) electrons. The van der Waals surface area contributed by atoms with E-state index in [0.717, 1.165) is 0 Å². The molecule has 0 amide bonds. The first-order valence-corrected chi connectivity index (χ1v) is 8.33. The second-order valence-electron chi connectivity index (χ2n) is 5.34. The predicted octanol–water partition coefficient (Wildman–Crippen LogP) is 7.15. The van der Waals surface area contributed by atoms with Crippen molar-refractivity contribution in [2.45, 2.75) is 54.3 Å². The van der Waals surface area contributed by atoms with Crippen molar-refractivity contribution < 1.29 is 88.1 Å². The molecule has 2 nitrogen and oxygen atoms in total. The molecule has 0 fully saturated rings. The van der Waals surface area contributed by atoms with Gasteiger partial charge in [-0.25, -0.2) is 0 Å². The lowest BCUT2D eigenvalue weighted by molar-refractivity contribution is -0.392. The Balaban J connectivity index is 7.21. The van der Waals surface area contributed by atoms with Crippen molar-refractivity contribution in [1.29, 1.82) is 0 Å². The highest BCUT2D eigenvalue weighted by atomic mass is 31.2. The van der Waals surface area contributed by atoms with Crippen LogP contribution in [0.1, 0.15) is 6.92 Å². The van der Waals surface area contributed by atoms with Crippen molar-refractivity contribution >= 4 is 7.37 Å². The van der Waals surface area contributed by atoms with Gasteiger partial charge >= 0.3 is 54.7 Å². The number of hydrogen-bond acceptors (Lipinski definition) is 2. The Hall–Kier alpha value is -1.07. The second-order valence-corrected chi connectivity index (χ2v) is 7.83. The van der Waals surface area contributed by atoms with Crippen LogP contribution in [0.3, 0.4) is 0 Å². The first-order valence-electron chi connectivity index (χ1n) is 6.71. The van der Waals surface area contributed by atoms with E-state index in [2.05, 4.69) is 4.52 Å². The third-order valence-corrected chi connectivity index (χ3v) is 5.97. The molecule has 0 bridgehead atoms. The van der Waals surface area contributed by atoms with Crippen LogP contribution in [0, 0.1) is 0 Å². The van der Waals surface area contributed by atoms with Crippen molar-refractivity contribution in [3.8, 4) is 0 Å². The normalized spacial score (nSPS) is 16.6. The van der Waals surface area contributed by atoms with Gasteiger partial charge in [0.25, 0.3) is 0 Å². The molecular weight excluding hydrogens is 525 g/mol. The molecule has 0 aromatic carbocycles. The van der Waals surface area contributed by atoms with Gasteiger partial charge < -0.3 is 4.52 Å². The molecule has 0 unspecified atom stereocenters. The molecule has 0 heterocycles. The minimum Gasteiger partial charge on any atom is -0.320 e. The lowest BCUT2D eigenvalue weighted by Gasteiger charge is -2.42. The Morgan fingerprint density at radius 2 is 0.742 bits per heavy atom. The molecule has 0 aliphatic heterocycles. The Labute approximate surface area is 157 Å². The summed E-state index contributed by atoms with van der Waals surface area (Å²) in [6.07, 6.45) is -15.5. The van der Waals surface area contributed by atoms with E-state index in [9.17, 15) is 83.6 Å². The number of halogens is 18. The van der Waals surface area contributed by atoms with Gasteiger partial charge in [-0.3, -0.25) is 4.57 Å². The van der Waals surface area contributed by atoms with Crippen LogP contribution in [-0.4, -0.2) is 54.0 Å². The molecule has 0 N–H and O–H groups in total. The highest BCUT2D eigenvalue weighted by molar-refractivity contribution is 7.61. The zero-order valence-corrected chi connectivity index (χ0v) is 14.7. The van der Waals surface area contributed by atoms with E-state index >= 15 is 0 Å². The van der Waals surface area contributed by atoms with Crippen molar-refractivity contribution in [3.05, 3.63) is 0 Å². The molecule has 0 saturated carbocycles. The largest absolute Gasteiger partial charge is 0.460 e. The molecule has 0 aliphatic carbocycles. The Bertz CT molecular complexity index is 649. The minimum absolute atomic E-state index is 0.0128. The third kappa shape index (κ3) is 3.74. The standard InChI is InChI=1S/C10H5F18O2P/c1-2-30-31(29,9(25,26)5(15,16)3(11,12)7(19,20)21)10(27,28)6(17,18)4(13,14)8(22,23)24/h2H2,1H3. The maximum atomic E-state index is 13.7. The predicted molar refractivity (Wildman–Crippen MR) is 61.0 cm³/mol. The fourth-order valence-electron chi connectivity index (χ4n) is 1.62. The zero-order valence-electron chi connectivity index (χ0n) is 13.8. The lowest BCUT2D eigenvalue weighted by atomic mass is 10.1. The number of hydrogen-bond donors (Lipinski definition) is 0. The Morgan fingerprint density at radius 3 is 0.903 bits per heavy atom. The summed E-state index contributed by atoms with van der Waals surface area (Å²) < 4.78 is 245. The van der Waals surface area contributed by atoms with Crippen LogP contribution in [-0.2, 0) is 9.09 Å². The summed E-state index contributed by atoms with van der Waals surface area (Å²) in [6.45, 7) is -2.21. The smallest absolute Gasteiger partial charge is 0.320 e. The molecule has 0 rings (SSSR count). The second kappa shape index (κ2) is 7.48. The summed E-state index contributed by atoms with van der Waals surface area (Å²) in [5.41, 5.74) is -16.5. The van der Waals surface area contributed by atoms with Gasteiger partial charge in [-0.1, -0.05) is 0 Å². The van der Waals surface area contributed by atoms with Crippen molar-refractivity contribution in [3.63, 3.8) is 0 Å². The van der Waals surface area contributed by atoms with E-state index < -0.39 is 61.3 Å². The van der Waals surface area contributed by atoms with Crippen LogP contribution in [0.15, 0.2) is 0 Å². The fourth-order valence-corrected chi connectivity index (χ4v) is 3.68. The van der Waals surface area contributed by atoms with Gasteiger partial charge in [-0.2, -0.15) is 79.0 Å². The fraction of sp³-hybridized carbons (Fsp3) is 1.00. The highest BCUT2D eigenvalue weighted by Gasteiger charge is 2.95. The summed E-state index contributed by atoms with van der Waals surface area (Å²) in [5, 5.41) is 0. The van der Waals surface area contributed by atoms with Gasteiger partial charge in [0, 0.05) is 0 Å². The summed E-state index contributed by atoms with van der Waals surface area (Å²) in [7, 11) is -9.33. The van der Waals surface area contributed by atoms with E-state index in [-0.39, 0.29) is 6.92 Å². The number of alkyl halides is 18. The van der Waals surface area contributed by atoms with E-state index in [0.29, 0.717) is 0 Å². The molecule has 188 valence electrons. The molecule has 0 aromatic rings. The van der Waals surface area contributed by atoms with Gasteiger partial charge in [0.2, 0.25) is 0 Å². The monoisotopic (exact) mass is 530 g/mol. The van der Waals surface area contributed by atoms with E-state index in [1.807, 2.05) is 0 Å².